The maximum atomic E-state index is 11.0. The fourth-order valence-corrected chi connectivity index (χ4v) is 1.95. The summed E-state index contributed by atoms with van der Waals surface area (Å²) in [5, 5.41) is 0. The first-order chi connectivity index (χ1) is 9.81. The molecule has 0 saturated carbocycles. The van der Waals surface area contributed by atoms with E-state index in [0.29, 0.717) is 19.4 Å². The van der Waals surface area contributed by atoms with Gasteiger partial charge in [-0.2, -0.15) is 0 Å². The molecule has 0 unspecified atom stereocenters. The van der Waals surface area contributed by atoms with Crippen molar-refractivity contribution in [3.8, 4) is 16.9 Å². The van der Waals surface area contributed by atoms with Crippen molar-refractivity contribution < 1.29 is 14.3 Å². The fraction of sp³-hybridized carbons (Fsp3) is 0.235. The van der Waals surface area contributed by atoms with E-state index >= 15 is 0 Å². The fourth-order valence-electron chi connectivity index (χ4n) is 1.95. The lowest BCUT2D eigenvalue weighted by atomic mass is 10.1. The number of ether oxygens (including phenoxy) is 2. The van der Waals surface area contributed by atoms with Crippen LogP contribution >= 0.6 is 0 Å². The number of para-hydroxylation sites is 1. The number of esters is 1. The normalized spacial score (nSPS) is 10.1. The highest BCUT2D eigenvalue weighted by Gasteiger charge is 2.06. The standard InChI is InChI=1S/C17H18O3/c1-19-17(18)12-7-13-20-16-11-6-5-10-15(16)14-8-3-2-4-9-14/h2-6,8-11H,7,12-13H2,1H3. The summed E-state index contributed by atoms with van der Waals surface area (Å²) in [5.74, 6) is 0.633. The third-order valence-electron chi connectivity index (χ3n) is 2.98. The highest BCUT2D eigenvalue weighted by Crippen LogP contribution is 2.29. The van der Waals surface area contributed by atoms with Gasteiger partial charge in [-0.3, -0.25) is 4.79 Å². The topological polar surface area (TPSA) is 35.5 Å². The van der Waals surface area contributed by atoms with Crippen LogP contribution in [0, 0.1) is 0 Å². The molecule has 2 aromatic carbocycles. The molecule has 0 heterocycles. The van der Waals surface area contributed by atoms with E-state index < -0.39 is 0 Å². The van der Waals surface area contributed by atoms with Crippen LogP contribution in [0.15, 0.2) is 54.6 Å². The van der Waals surface area contributed by atoms with E-state index in [9.17, 15) is 4.79 Å². The van der Waals surface area contributed by atoms with Gasteiger partial charge in [0, 0.05) is 12.0 Å². The molecule has 0 atom stereocenters. The summed E-state index contributed by atoms with van der Waals surface area (Å²) in [6.45, 7) is 0.499. The molecule has 0 fully saturated rings. The first-order valence-corrected chi connectivity index (χ1v) is 6.65. The van der Waals surface area contributed by atoms with Gasteiger partial charge in [0.15, 0.2) is 0 Å². The monoisotopic (exact) mass is 270 g/mol. The summed E-state index contributed by atoms with van der Waals surface area (Å²) in [6, 6.07) is 18.0. The maximum absolute atomic E-state index is 11.0. The highest BCUT2D eigenvalue weighted by molar-refractivity contribution is 5.70. The van der Waals surface area contributed by atoms with Crippen molar-refractivity contribution in [1.82, 2.24) is 0 Å². The molecule has 0 N–H and O–H groups in total. The molecule has 0 aliphatic carbocycles. The quantitative estimate of drug-likeness (QED) is 0.593. The largest absolute Gasteiger partial charge is 0.493 e. The van der Waals surface area contributed by atoms with Crippen molar-refractivity contribution >= 4 is 5.97 Å². The van der Waals surface area contributed by atoms with E-state index in [1.54, 1.807) is 0 Å². The Morgan fingerprint density at radius 1 is 1.00 bits per heavy atom. The molecular weight excluding hydrogens is 252 g/mol. The Kier molecular flexibility index (Phi) is 5.18. The minimum atomic E-state index is -0.204. The van der Waals surface area contributed by atoms with Gasteiger partial charge in [-0.15, -0.1) is 0 Å². The van der Waals surface area contributed by atoms with Gasteiger partial charge in [-0.25, -0.2) is 0 Å². The van der Waals surface area contributed by atoms with Gasteiger partial charge >= 0.3 is 5.97 Å². The average Bonchev–Trinajstić information content (AvgIpc) is 2.52. The Labute approximate surface area is 119 Å². The van der Waals surface area contributed by atoms with Crippen LogP contribution in [0.4, 0.5) is 0 Å². The lowest BCUT2D eigenvalue weighted by Crippen LogP contribution is -2.05. The van der Waals surface area contributed by atoms with Crippen molar-refractivity contribution in [2.45, 2.75) is 12.8 Å². The van der Waals surface area contributed by atoms with Gasteiger partial charge in [0.2, 0.25) is 0 Å². The van der Waals surface area contributed by atoms with Gasteiger partial charge in [-0.1, -0.05) is 48.5 Å². The number of carbonyl (C=O) groups excluding carboxylic acids is 1. The summed E-state index contributed by atoms with van der Waals surface area (Å²) in [7, 11) is 1.40. The zero-order valence-corrected chi connectivity index (χ0v) is 11.5. The molecule has 2 aromatic rings. The van der Waals surface area contributed by atoms with Crippen LogP contribution in [-0.4, -0.2) is 19.7 Å². The third kappa shape index (κ3) is 3.85. The van der Waals surface area contributed by atoms with E-state index in [-0.39, 0.29) is 5.97 Å². The molecule has 0 bridgehead atoms. The maximum Gasteiger partial charge on any atom is 0.305 e. The molecule has 104 valence electrons. The summed E-state index contributed by atoms with van der Waals surface area (Å²) >= 11 is 0. The molecule has 0 aromatic heterocycles. The van der Waals surface area contributed by atoms with E-state index in [2.05, 4.69) is 16.9 Å². The molecule has 2 rings (SSSR count). The van der Waals surface area contributed by atoms with Gasteiger partial charge in [-0.05, 0) is 18.1 Å². The minimum absolute atomic E-state index is 0.204. The number of rotatable bonds is 6. The van der Waals surface area contributed by atoms with Crippen LogP contribution in [0.25, 0.3) is 11.1 Å². The summed E-state index contributed by atoms with van der Waals surface area (Å²) < 4.78 is 10.4. The van der Waals surface area contributed by atoms with Gasteiger partial charge in [0.05, 0.1) is 13.7 Å². The molecule has 0 amide bonds. The van der Waals surface area contributed by atoms with Crippen LogP contribution in [0.2, 0.25) is 0 Å². The van der Waals surface area contributed by atoms with Crippen molar-refractivity contribution in [2.24, 2.45) is 0 Å². The number of benzene rings is 2. The molecule has 0 aliphatic rings. The molecule has 0 radical (unpaired) electrons. The number of methoxy groups -OCH3 is 1. The Bertz CT molecular complexity index is 549. The van der Waals surface area contributed by atoms with Crippen LogP contribution < -0.4 is 4.74 Å². The van der Waals surface area contributed by atoms with Crippen molar-refractivity contribution in [3.63, 3.8) is 0 Å². The van der Waals surface area contributed by atoms with Crippen molar-refractivity contribution in [1.29, 1.82) is 0 Å². The predicted octanol–water partition coefficient (Wildman–Crippen LogP) is 3.69. The van der Waals surface area contributed by atoms with E-state index in [0.717, 1.165) is 16.9 Å². The summed E-state index contributed by atoms with van der Waals surface area (Å²) in [4.78, 5) is 11.0. The zero-order chi connectivity index (χ0) is 14.2. The first-order valence-electron chi connectivity index (χ1n) is 6.65. The molecule has 3 heteroatoms. The third-order valence-corrected chi connectivity index (χ3v) is 2.98. The number of hydrogen-bond acceptors (Lipinski definition) is 3. The average molecular weight is 270 g/mol. The molecular formula is C17H18O3. The van der Waals surface area contributed by atoms with Crippen molar-refractivity contribution in [3.05, 3.63) is 54.6 Å². The number of hydrogen-bond donors (Lipinski definition) is 0. The molecule has 0 saturated heterocycles. The number of carbonyl (C=O) groups is 1. The van der Waals surface area contributed by atoms with Crippen LogP contribution in [0.3, 0.4) is 0 Å². The zero-order valence-electron chi connectivity index (χ0n) is 11.5. The molecule has 3 nitrogen and oxygen atoms in total. The van der Waals surface area contributed by atoms with Crippen molar-refractivity contribution in [2.75, 3.05) is 13.7 Å². The van der Waals surface area contributed by atoms with Crippen LogP contribution in [0.5, 0.6) is 5.75 Å². The first kappa shape index (κ1) is 14.1. The lowest BCUT2D eigenvalue weighted by molar-refractivity contribution is -0.140. The Morgan fingerprint density at radius 3 is 2.45 bits per heavy atom. The lowest BCUT2D eigenvalue weighted by Gasteiger charge is -2.11. The highest BCUT2D eigenvalue weighted by atomic mass is 16.5. The summed E-state index contributed by atoms with van der Waals surface area (Å²) in [5.41, 5.74) is 2.18. The minimum Gasteiger partial charge on any atom is -0.493 e. The molecule has 20 heavy (non-hydrogen) atoms. The smallest absolute Gasteiger partial charge is 0.305 e. The summed E-state index contributed by atoms with van der Waals surface area (Å²) in [6.07, 6.45) is 1.03. The molecule has 0 aliphatic heterocycles. The van der Waals surface area contributed by atoms with Gasteiger partial charge in [0.25, 0.3) is 0 Å². The van der Waals surface area contributed by atoms with Gasteiger partial charge in [0.1, 0.15) is 5.75 Å². The second-order valence-electron chi connectivity index (χ2n) is 4.39. The van der Waals surface area contributed by atoms with Gasteiger partial charge < -0.3 is 9.47 Å². The Balaban J connectivity index is 2.00. The van der Waals surface area contributed by atoms with Crippen LogP contribution in [0.1, 0.15) is 12.8 Å². The second-order valence-corrected chi connectivity index (χ2v) is 4.39. The predicted molar refractivity (Wildman–Crippen MR) is 78.6 cm³/mol. The Hall–Kier alpha value is -2.29. The second kappa shape index (κ2) is 7.34. The SMILES string of the molecule is COC(=O)CCCOc1ccccc1-c1ccccc1. The molecule has 0 spiro atoms. The van der Waals surface area contributed by atoms with E-state index in [1.807, 2.05) is 42.5 Å². The van der Waals surface area contributed by atoms with Crippen LogP contribution in [-0.2, 0) is 9.53 Å². The Morgan fingerprint density at radius 2 is 1.70 bits per heavy atom. The van der Waals surface area contributed by atoms with E-state index in [4.69, 9.17) is 4.74 Å². The van der Waals surface area contributed by atoms with E-state index in [1.165, 1.54) is 7.11 Å².